The van der Waals surface area contributed by atoms with E-state index in [4.69, 9.17) is 9.47 Å². The molecular weight excluding hydrogens is 302 g/mol. The van der Waals surface area contributed by atoms with Crippen molar-refractivity contribution in [2.75, 3.05) is 26.3 Å². The molecule has 1 unspecified atom stereocenters. The number of carbonyl (C=O) groups is 1. The van der Waals surface area contributed by atoms with E-state index >= 15 is 0 Å². The van der Waals surface area contributed by atoms with Gasteiger partial charge in [0.05, 0.1) is 24.7 Å². The van der Waals surface area contributed by atoms with Crippen molar-refractivity contribution in [3.05, 3.63) is 35.9 Å². The molecule has 1 aliphatic carbocycles. The average molecular weight is 329 g/mol. The van der Waals surface area contributed by atoms with Crippen molar-refractivity contribution in [2.24, 2.45) is 5.92 Å². The van der Waals surface area contributed by atoms with Gasteiger partial charge in [0.1, 0.15) is 0 Å². The Morgan fingerprint density at radius 3 is 2.67 bits per heavy atom. The van der Waals surface area contributed by atoms with Crippen LogP contribution in [0.4, 0.5) is 0 Å². The molecule has 1 aromatic rings. The van der Waals surface area contributed by atoms with Gasteiger partial charge in [0.2, 0.25) is 5.91 Å². The first kappa shape index (κ1) is 16.1. The van der Waals surface area contributed by atoms with E-state index in [1.54, 1.807) is 0 Å². The standard InChI is InChI=1S/C20H27NO3/c22-19(12-16-4-2-1-3-5-16)21-10-8-20(9-11-21)13-18(15-24-20)23-14-17-6-7-17/h1-5,17-18H,6-15H2. The lowest BCUT2D eigenvalue weighted by Gasteiger charge is -2.38. The Labute approximate surface area is 144 Å². The quantitative estimate of drug-likeness (QED) is 0.834. The molecule has 3 aliphatic rings. The summed E-state index contributed by atoms with van der Waals surface area (Å²) in [5.74, 6) is 1.04. The first-order valence-electron chi connectivity index (χ1n) is 9.30. The lowest BCUT2D eigenvalue weighted by molar-refractivity contribution is -0.135. The highest BCUT2D eigenvalue weighted by atomic mass is 16.6. The van der Waals surface area contributed by atoms with Crippen LogP contribution < -0.4 is 0 Å². The third-order valence-electron chi connectivity index (χ3n) is 5.67. The van der Waals surface area contributed by atoms with Gasteiger partial charge < -0.3 is 14.4 Å². The van der Waals surface area contributed by atoms with Gasteiger partial charge in [0.15, 0.2) is 0 Å². The van der Waals surface area contributed by atoms with E-state index in [2.05, 4.69) is 0 Å². The van der Waals surface area contributed by atoms with Crippen LogP contribution in [0.5, 0.6) is 0 Å². The minimum absolute atomic E-state index is 0.0439. The number of carbonyl (C=O) groups excluding carboxylic acids is 1. The molecular formula is C20H27NO3. The van der Waals surface area contributed by atoms with Gasteiger partial charge >= 0.3 is 0 Å². The molecule has 1 atom stereocenters. The minimum atomic E-state index is -0.0439. The van der Waals surface area contributed by atoms with E-state index in [1.807, 2.05) is 35.2 Å². The Morgan fingerprint density at radius 2 is 1.96 bits per heavy atom. The number of nitrogens with zero attached hydrogens (tertiary/aromatic N) is 1. The summed E-state index contributed by atoms with van der Waals surface area (Å²) in [6.45, 7) is 3.25. The number of hydrogen-bond donors (Lipinski definition) is 0. The lowest BCUT2D eigenvalue weighted by Crippen LogP contribution is -2.47. The maximum Gasteiger partial charge on any atom is 0.226 e. The van der Waals surface area contributed by atoms with Crippen LogP contribution in [-0.2, 0) is 20.7 Å². The average Bonchev–Trinajstić information content (AvgIpc) is 3.36. The minimum Gasteiger partial charge on any atom is -0.375 e. The molecule has 4 rings (SSSR count). The summed E-state index contributed by atoms with van der Waals surface area (Å²) in [5, 5.41) is 0. The van der Waals surface area contributed by atoms with Crippen molar-refractivity contribution >= 4 is 5.91 Å². The summed E-state index contributed by atoms with van der Waals surface area (Å²) in [7, 11) is 0. The van der Waals surface area contributed by atoms with Gasteiger partial charge in [-0.05, 0) is 37.2 Å². The van der Waals surface area contributed by atoms with Crippen LogP contribution >= 0.6 is 0 Å². The van der Waals surface area contributed by atoms with Crippen molar-refractivity contribution in [1.29, 1.82) is 0 Å². The first-order chi connectivity index (χ1) is 11.7. The zero-order valence-corrected chi connectivity index (χ0v) is 14.3. The van der Waals surface area contributed by atoms with Crippen LogP contribution in [0.2, 0.25) is 0 Å². The number of benzene rings is 1. The second kappa shape index (κ2) is 6.85. The normalized spacial score (nSPS) is 26.0. The van der Waals surface area contributed by atoms with Gasteiger partial charge in [0, 0.05) is 26.1 Å². The van der Waals surface area contributed by atoms with E-state index in [-0.39, 0.29) is 17.6 Å². The number of rotatable bonds is 5. The number of piperidine rings is 1. The van der Waals surface area contributed by atoms with E-state index in [1.165, 1.54) is 12.8 Å². The third kappa shape index (κ3) is 3.81. The summed E-state index contributed by atoms with van der Waals surface area (Å²) in [4.78, 5) is 14.5. The molecule has 0 aromatic heterocycles. The van der Waals surface area contributed by atoms with E-state index in [9.17, 15) is 4.79 Å². The predicted octanol–water partition coefficient (Wildman–Crippen LogP) is 2.81. The number of likely N-dealkylation sites (tertiary alicyclic amines) is 1. The highest BCUT2D eigenvalue weighted by Gasteiger charge is 2.44. The van der Waals surface area contributed by atoms with Crippen LogP contribution in [0.1, 0.15) is 37.7 Å². The first-order valence-corrected chi connectivity index (χ1v) is 9.30. The van der Waals surface area contributed by atoms with Crippen LogP contribution in [0.15, 0.2) is 30.3 Å². The molecule has 0 N–H and O–H groups in total. The number of ether oxygens (including phenoxy) is 2. The molecule has 130 valence electrons. The fourth-order valence-corrected chi connectivity index (χ4v) is 3.86. The number of hydrogen-bond acceptors (Lipinski definition) is 3. The van der Waals surface area contributed by atoms with Gasteiger partial charge in [0.25, 0.3) is 0 Å². The van der Waals surface area contributed by atoms with Crippen molar-refractivity contribution < 1.29 is 14.3 Å². The Bertz CT molecular complexity index is 562. The Hall–Kier alpha value is -1.39. The van der Waals surface area contributed by atoms with Crippen molar-refractivity contribution in [1.82, 2.24) is 4.90 Å². The highest BCUT2D eigenvalue weighted by molar-refractivity contribution is 5.78. The molecule has 1 aromatic carbocycles. The summed E-state index contributed by atoms with van der Waals surface area (Å²) in [6.07, 6.45) is 6.31. The molecule has 2 aliphatic heterocycles. The second-order valence-electron chi connectivity index (χ2n) is 7.64. The van der Waals surface area contributed by atoms with Gasteiger partial charge in [-0.2, -0.15) is 0 Å². The Kier molecular flexibility index (Phi) is 4.59. The van der Waals surface area contributed by atoms with Crippen molar-refractivity contribution in [3.8, 4) is 0 Å². The second-order valence-corrected chi connectivity index (χ2v) is 7.64. The summed E-state index contributed by atoms with van der Waals surface area (Å²) in [6, 6.07) is 10.00. The molecule has 4 heteroatoms. The molecule has 2 saturated heterocycles. The topological polar surface area (TPSA) is 38.8 Å². The zero-order chi connectivity index (χ0) is 16.4. The number of amides is 1. The summed E-state index contributed by atoms with van der Waals surface area (Å²) in [5.41, 5.74) is 1.05. The van der Waals surface area contributed by atoms with Crippen molar-refractivity contribution in [2.45, 2.75) is 50.2 Å². The molecule has 1 amide bonds. The van der Waals surface area contributed by atoms with Crippen LogP contribution in [0.3, 0.4) is 0 Å². The van der Waals surface area contributed by atoms with Gasteiger partial charge in [-0.1, -0.05) is 30.3 Å². The molecule has 0 bridgehead atoms. The fourth-order valence-electron chi connectivity index (χ4n) is 3.86. The van der Waals surface area contributed by atoms with Gasteiger partial charge in [-0.15, -0.1) is 0 Å². The molecule has 4 nitrogen and oxygen atoms in total. The molecule has 2 heterocycles. The van der Waals surface area contributed by atoms with Crippen molar-refractivity contribution in [3.63, 3.8) is 0 Å². The van der Waals surface area contributed by atoms with Crippen LogP contribution in [0, 0.1) is 5.92 Å². The SMILES string of the molecule is O=C(Cc1ccccc1)N1CCC2(CC1)CC(OCC1CC1)CO2. The third-order valence-corrected chi connectivity index (χ3v) is 5.67. The smallest absolute Gasteiger partial charge is 0.226 e. The molecule has 3 fully saturated rings. The summed E-state index contributed by atoms with van der Waals surface area (Å²) >= 11 is 0. The Morgan fingerprint density at radius 1 is 1.21 bits per heavy atom. The fraction of sp³-hybridized carbons (Fsp3) is 0.650. The zero-order valence-electron chi connectivity index (χ0n) is 14.3. The van der Waals surface area contributed by atoms with E-state index in [0.717, 1.165) is 57.0 Å². The Balaban J connectivity index is 1.25. The lowest BCUT2D eigenvalue weighted by atomic mass is 9.87. The van der Waals surface area contributed by atoms with Gasteiger partial charge in [-0.25, -0.2) is 0 Å². The largest absolute Gasteiger partial charge is 0.375 e. The predicted molar refractivity (Wildman–Crippen MR) is 91.7 cm³/mol. The van der Waals surface area contributed by atoms with E-state index < -0.39 is 0 Å². The molecule has 1 saturated carbocycles. The monoisotopic (exact) mass is 329 g/mol. The summed E-state index contributed by atoms with van der Waals surface area (Å²) < 4.78 is 12.1. The van der Waals surface area contributed by atoms with Crippen LogP contribution in [0.25, 0.3) is 0 Å². The molecule has 0 radical (unpaired) electrons. The maximum absolute atomic E-state index is 12.5. The maximum atomic E-state index is 12.5. The highest BCUT2D eigenvalue weighted by Crippen LogP contribution is 2.38. The molecule has 24 heavy (non-hydrogen) atoms. The molecule has 1 spiro atoms. The van der Waals surface area contributed by atoms with E-state index in [0.29, 0.717) is 6.42 Å². The van der Waals surface area contributed by atoms with Crippen LogP contribution in [-0.4, -0.2) is 48.8 Å². The van der Waals surface area contributed by atoms with Gasteiger partial charge in [-0.3, -0.25) is 4.79 Å².